The summed E-state index contributed by atoms with van der Waals surface area (Å²) in [6.07, 6.45) is 3.99. The third kappa shape index (κ3) is 2.93. The zero-order chi connectivity index (χ0) is 19.1. The van der Waals surface area contributed by atoms with Crippen molar-refractivity contribution in [1.29, 1.82) is 0 Å². The Morgan fingerprint density at radius 1 is 1.22 bits per heavy atom. The molecule has 7 nitrogen and oxygen atoms in total. The Labute approximate surface area is 158 Å². The number of hydrogen-bond donors (Lipinski definition) is 1. The number of para-hydroxylation sites is 1. The SMILES string of the molecule is Cc1cccc2c(NC[C@@H]3CC(=O)N(C)[C@H]3c3cnn(C)c3C)ncnc12. The highest BCUT2D eigenvalue weighted by Crippen LogP contribution is 2.38. The number of likely N-dealkylation sites (tertiary alicyclic amines) is 1. The first kappa shape index (κ1) is 17.5. The van der Waals surface area contributed by atoms with Gasteiger partial charge in [0.25, 0.3) is 0 Å². The molecule has 0 aliphatic carbocycles. The molecule has 1 N–H and O–H groups in total. The molecule has 1 fully saturated rings. The van der Waals surface area contributed by atoms with Crippen molar-refractivity contribution in [2.24, 2.45) is 13.0 Å². The van der Waals surface area contributed by atoms with Gasteiger partial charge in [-0.1, -0.05) is 12.1 Å². The van der Waals surface area contributed by atoms with E-state index in [0.717, 1.165) is 33.5 Å². The van der Waals surface area contributed by atoms with E-state index in [2.05, 4.69) is 20.4 Å². The number of nitrogens with one attached hydrogen (secondary N) is 1. The molecule has 0 unspecified atom stereocenters. The van der Waals surface area contributed by atoms with E-state index in [1.165, 1.54) is 0 Å². The second kappa shape index (κ2) is 6.64. The number of amides is 1. The first-order valence-corrected chi connectivity index (χ1v) is 9.15. The number of rotatable bonds is 4. The van der Waals surface area contributed by atoms with Crippen LogP contribution in [0.1, 0.15) is 29.3 Å². The number of nitrogens with zero attached hydrogens (tertiary/aromatic N) is 5. The van der Waals surface area contributed by atoms with Crippen molar-refractivity contribution in [3.8, 4) is 0 Å². The first-order chi connectivity index (χ1) is 13.0. The summed E-state index contributed by atoms with van der Waals surface area (Å²) >= 11 is 0. The van der Waals surface area contributed by atoms with E-state index in [1.807, 2.05) is 61.9 Å². The fourth-order valence-corrected chi connectivity index (χ4v) is 4.01. The van der Waals surface area contributed by atoms with Crippen molar-refractivity contribution in [2.75, 3.05) is 18.9 Å². The van der Waals surface area contributed by atoms with Gasteiger partial charge in [0, 0.05) is 49.6 Å². The summed E-state index contributed by atoms with van der Waals surface area (Å²) in [4.78, 5) is 23.1. The number of anilines is 1. The van der Waals surface area contributed by atoms with Crippen molar-refractivity contribution in [3.05, 3.63) is 47.5 Å². The second-order valence-corrected chi connectivity index (χ2v) is 7.30. The van der Waals surface area contributed by atoms with Gasteiger partial charge >= 0.3 is 0 Å². The molecule has 0 saturated carbocycles. The lowest BCUT2D eigenvalue weighted by Crippen LogP contribution is -2.27. The number of aromatic nitrogens is 4. The molecule has 1 amide bonds. The van der Waals surface area contributed by atoms with Crippen molar-refractivity contribution < 1.29 is 4.79 Å². The summed E-state index contributed by atoms with van der Waals surface area (Å²) < 4.78 is 1.86. The molecule has 2 atom stereocenters. The molecule has 3 aromatic rings. The van der Waals surface area contributed by atoms with E-state index >= 15 is 0 Å². The Morgan fingerprint density at radius 3 is 2.78 bits per heavy atom. The summed E-state index contributed by atoms with van der Waals surface area (Å²) in [6.45, 7) is 4.75. The van der Waals surface area contributed by atoms with Gasteiger partial charge in [-0.2, -0.15) is 5.10 Å². The molecule has 1 aromatic carbocycles. The number of fused-ring (bicyclic) bond motifs is 1. The van der Waals surface area contributed by atoms with Crippen LogP contribution in [0.2, 0.25) is 0 Å². The maximum atomic E-state index is 12.4. The number of carbonyl (C=O) groups is 1. The van der Waals surface area contributed by atoms with Crippen LogP contribution in [0.3, 0.4) is 0 Å². The van der Waals surface area contributed by atoms with E-state index in [0.29, 0.717) is 13.0 Å². The van der Waals surface area contributed by atoms with Gasteiger partial charge in [0.15, 0.2) is 0 Å². The van der Waals surface area contributed by atoms with Crippen LogP contribution >= 0.6 is 0 Å². The Hall–Kier alpha value is -2.96. The lowest BCUT2D eigenvalue weighted by Gasteiger charge is -2.25. The monoisotopic (exact) mass is 364 g/mol. The average Bonchev–Trinajstić information content (AvgIpc) is 3.13. The van der Waals surface area contributed by atoms with Crippen LogP contribution in [0.4, 0.5) is 5.82 Å². The molecule has 0 bridgehead atoms. The van der Waals surface area contributed by atoms with Crippen LogP contribution in [-0.2, 0) is 11.8 Å². The van der Waals surface area contributed by atoms with E-state index in [-0.39, 0.29) is 17.9 Å². The summed E-state index contributed by atoms with van der Waals surface area (Å²) in [5.41, 5.74) is 4.28. The van der Waals surface area contributed by atoms with Gasteiger partial charge in [-0.25, -0.2) is 9.97 Å². The lowest BCUT2D eigenvalue weighted by molar-refractivity contribution is -0.127. The standard InChI is InChI=1S/C20H24N6O/c1-12-6-5-7-15-18(12)22-11-23-20(15)21-9-14-8-17(27)25(3)19(14)16-10-24-26(4)13(16)2/h5-7,10-11,14,19H,8-9H2,1-4H3,(H,21,22,23)/t14-,19+/m0/s1. The molecule has 27 heavy (non-hydrogen) atoms. The molecule has 1 aliphatic rings. The topological polar surface area (TPSA) is 75.9 Å². The smallest absolute Gasteiger partial charge is 0.223 e. The van der Waals surface area contributed by atoms with Crippen LogP contribution in [0.5, 0.6) is 0 Å². The summed E-state index contributed by atoms with van der Waals surface area (Å²) in [7, 11) is 3.81. The van der Waals surface area contributed by atoms with E-state index in [9.17, 15) is 4.79 Å². The molecule has 4 rings (SSSR count). The zero-order valence-electron chi connectivity index (χ0n) is 16.1. The van der Waals surface area contributed by atoms with Crippen LogP contribution < -0.4 is 5.32 Å². The van der Waals surface area contributed by atoms with Crippen LogP contribution in [0.15, 0.2) is 30.7 Å². The average molecular weight is 364 g/mol. The minimum absolute atomic E-state index is 0.0218. The maximum Gasteiger partial charge on any atom is 0.223 e. The van der Waals surface area contributed by atoms with Gasteiger partial charge in [-0.15, -0.1) is 0 Å². The minimum Gasteiger partial charge on any atom is -0.369 e. The van der Waals surface area contributed by atoms with Crippen LogP contribution in [-0.4, -0.2) is 44.1 Å². The van der Waals surface area contributed by atoms with Crippen molar-refractivity contribution >= 4 is 22.6 Å². The van der Waals surface area contributed by atoms with Crippen LogP contribution in [0.25, 0.3) is 10.9 Å². The number of benzene rings is 1. The third-order valence-corrected chi connectivity index (χ3v) is 5.68. The Kier molecular flexibility index (Phi) is 4.30. The number of aryl methyl sites for hydroxylation is 2. The predicted octanol–water partition coefficient (Wildman–Crippen LogP) is 2.61. The summed E-state index contributed by atoms with van der Waals surface area (Å²) in [5, 5.41) is 8.83. The predicted molar refractivity (Wildman–Crippen MR) is 104 cm³/mol. The summed E-state index contributed by atoms with van der Waals surface area (Å²) in [6, 6.07) is 6.11. The largest absolute Gasteiger partial charge is 0.369 e. The normalized spacial score (nSPS) is 19.9. The summed E-state index contributed by atoms with van der Waals surface area (Å²) in [5.74, 6) is 1.13. The Morgan fingerprint density at radius 2 is 2.04 bits per heavy atom. The highest BCUT2D eigenvalue weighted by molar-refractivity contribution is 5.90. The minimum atomic E-state index is 0.0218. The van der Waals surface area contributed by atoms with E-state index < -0.39 is 0 Å². The van der Waals surface area contributed by atoms with E-state index in [4.69, 9.17) is 0 Å². The van der Waals surface area contributed by atoms with Crippen molar-refractivity contribution in [1.82, 2.24) is 24.6 Å². The highest BCUT2D eigenvalue weighted by Gasteiger charge is 2.39. The third-order valence-electron chi connectivity index (χ3n) is 5.68. The quantitative estimate of drug-likeness (QED) is 0.770. The Bertz CT molecular complexity index is 1010. The first-order valence-electron chi connectivity index (χ1n) is 9.15. The van der Waals surface area contributed by atoms with Crippen molar-refractivity contribution in [3.63, 3.8) is 0 Å². The fraction of sp³-hybridized carbons (Fsp3) is 0.400. The molecule has 0 spiro atoms. The molecular weight excluding hydrogens is 340 g/mol. The van der Waals surface area contributed by atoms with Gasteiger partial charge < -0.3 is 10.2 Å². The van der Waals surface area contributed by atoms with Gasteiger partial charge in [0.1, 0.15) is 12.1 Å². The lowest BCUT2D eigenvalue weighted by atomic mass is 9.94. The molecule has 140 valence electrons. The van der Waals surface area contributed by atoms with Gasteiger partial charge in [-0.3, -0.25) is 9.48 Å². The highest BCUT2D eigenvalue weighted by atomic mass is 16.2. The van der Waals surface area contributed by atoms with Gasteiger partial charge in [0.2, 0.25) is 5.91 Å². The Balaban J connectivity index is 1.61. The molecule has 3 heterocycles. The fourth-order valence-electron chi connectivity index (χ4n) is 4.01. The molecule has 1 saturated heterocycles. The molecule has 1 aliphatic heterocycles. The van der Waals surface area contributed by atoms with Crippen molar-refractivity contribution in [2.45, 2.75) is 26.3 Å². The zero-order valence-corrected chi connectivity index (χ0v) is 16.1. The molecule has 0 radical (unpaired) electrons. The number of hydrogen-bond acceptors (Lipinski definition) is 5. The molecular formula is C20H24N6O. The maximum absolute atomic E-state index is 12.4. The van der Waals surface area contributed by atoms with Gasteiger partial charge in [-0.05, 0) is 25.5 Å². The molecule has 7 heteroatoms. The second-order valence-electron chi connectivity index (χ2n) is 7.30. The van der Waals surface area contributed by atoms with Gasteiger partial charge in [0.05, 0.1) is 17.8 Å². The molecule has 2 aromatic heterocycles. The van der Waals surface area contributed by atoms with E-state index in [1.54, 1.807) is 6.33 Å². The van der Waals surface area contributed by atoms with Crippen LogP contribution in [0, 0.1) is 19.8 Å². The number of carbonyl (C=O) groups excluding carboxylic acids is 1.